The highest BCUT2D eigenvalue weighted by Crippen LogP contribution is 2.34. The lowest BCUT2D eigenvalue weighted by atomic mass is 10.3. The molecule has 0 saturated carbocycles. The number of anilines is 2. The van der Waals surface area contributed by atoms with Crippen LogP contribution in [0.4, 0.5) is 11.6 Å². The minimum absolute atomic E-state index is 0.0654. The number of methoxy groups -OCH3 is 1. The summed E-state index contributed by atoms with van der Waals surface area (Å²) >= 11 is 0. The van der Waals surface area contributed by atoms with Gasteiger partial charge in [0.25, 0.3) is 0 Å². The number of imidazole rings is 1. The molecule has 0 unspecified atom stereocenters. The summed E-state index contributed by atoms with van der Waals surface area (Å²) in [6.07, 6.45) is 4.49. The molecule has 10 heteroatoms. The fourth-order valence-corrected chi connectivity index (χ4v) is 3.71. The second kappa shape index (κ2) is 5.84. The fraction of sp³-hybridized carbons (Fsp3) is 0.312. The molecule has 3 heterocycles. The van der Waals surface area contributed by atoms with Crippen molar-refractivity contribution in [2.24, 2.45) is 0 Å². The van der Waals surface area contributed by atoms with Gasteiger partial charge < -0.3 is 16.2 Å². The van der Waals surface area contributed by atoms with Crippen molar-refractivity contribution in [2.75, 3.05) is 18.6 Å². The summed E-state index contributed by atoms with van der Waals surface area (Å²) in [6.45, 7) is 4.90. The van der Waals surface area contributed by atoms with E-state index >= 15 is 0 Å². The van der Waals surface area contributed by atoms with Crippen LogP contribution in [-0.4, -0.2) is 39.6 Å². The number of rotatable bonds is 3. The summed E-state index contributed by atoms with van der Waals surface area (Å²) in [7, 11) is -2.24. The lowest BCUT2D eigenvalue weighted by Crippen LogP contribution is -2.28. The standard InChI is InChI=1S/C16H20N6O3S/c1-16(2,3)26(23,24)12-8-22-10(7-19-13(22)5-11(12)25-4)9-6-20-14(17)15(18)21-9/h5-8H,1-4H3,(H2,17,20)(H2,18,21). The molecular formula is C16H20N6O3S. The van der Waals surface area contributed by atoms with Crippen molar-refractivity contribution >= 4 is 27.1 Å². The van der Waals surface area contributed by atoms with E-state index in [1.807, 2.05) is 0 Å². The third kappa shape index (κ3) is 2.71. The van der Waals surface area contributed by atoms with E-state index in [2.05, 4.69) is 15.0 Å². The Bertz CT molecular complexity index is 1100. The molecule has 0 spiro atoms. The Kier molecular flexibility index (Phi) is 4.02. The number of hydrogen-bond donors (Lipinski definition) is 2. The Morgan fingerprint density at radius 3 is 2.38 bits per heavy atom. The van der Waals surface area contributed by atoms with Crippen LogP contribution in [0, 0.1) is 0 Å². The molecule has 138 valence electrons. The molecule has 0 aliphatic carbocycles. The first-order valence-electron chi connectivity index (χ1n) is 7.74. The number of nitrogens with zero attached hydrogens (tertiary/aromatic N) is 4. The maximum Gasteiger partial charge on any atom is 0.188 e. The molecule has 0 atom stereocenters. The van der Waals surface area contributed by atoms with E-state index in [9.17, 15) is 8.42 Å². The molecule has 4 N–H and O–H groups in total. The number of nitrogens with two attached hydrogens (primary N) is 2. The van der Waals surface area contributed by atoms with E-state index in [1.54, 1.807) is 37.4 Å². The van der Waals surface area contributed by atoms with Gasteiger partial charge in [0.15, 0.2) is 21.5 Å². The van der Waals surface area contributed by atoms with Gasteiger partial charge in [0.1, 0.15) is 22.0 Å². The van der Waals surface area contributed by atoms with E-state index in [0.29, 0.717) is 17.0 Å². The van der Waals surface area contributed by atoms with Crippen LogP contribution in [0.3, 0.4) is 0 Å². The van der Waals surface area contributed by atoms with E-state index in [1.165, 1.54) is 19.5 Å². The molecule has 0 saturated heterocycles. The zero-order valence-corrected chi connectivity index (χ0v) is 15.7. The lowest BCUT2D eigenvalue weighted by Gasteiger charge is -2.21. The van der Waals surface area contributed by atoms with Crippen molar-refractivity contribution in [1.82, 2.24) is 19.4 Å². The third-order valence-corrected chi connectivity index (χ3v) is 6.48. The van der Waals surface area contributed by atoms with Gasteiger partial charge in [-0.2, -0.15) is 0 Å². The molecule has 3 aromatic heterocycles. The SMILES string of the molecule is COc1cc2ncc(-c3cnc(N)c(N)n3)n2cc1S(=O)(=O)C(C)(C)C. The van der Waals surface area contributed by atoms with Gasteiger partial charge in [-0.1, -0.05) is 0 Å². The van der Waals surface area contributed by atoms with Crippen LogP contribution in [0.15, 0.2) is 29.6 Å². The van der Waals surface area contributed by atoms with Gasteiger partial charge >= 0.3 is 0 Å². The van der Waals surface area contributed by atoms with Crippen LogP contribution in [0.1, 0.15) is 20.8 Å². The van der Waals surface area contributed by atoms with Crippen LogP contribution in [0.2, 0.25) is 0 Å². The highest BCUT2D eigenvalue weighted by atomic mass is 32.2. The number of pyridine rings is 1. The molecule has 3 aromatic rings. The second-order valence-electron chi connectivity index (χ2n) is 6.72. The summed E-state index contributed by atoms with van der Waals surface area (Å²) in [6, 6.07) is 1.57. The first-order chi connectivity index (χ1) is 12.1. The normalized spacial score (nSPS) is 12.5. The lowest BCUT2D eigenvalue weighted by molar-refractivity contribution is 0.401. The predicted molar refractivity (Wildman–Crippen MR) is 98.5 cm³/mol. The molecule has 9 nitrogen and oxygen atoms in total. The molecule has 0 aromatic carbocycles. The molecule has 0 aliphatic rings. The van der Waals surface area contributed by atoms with Gasteiger partial charge in [-0.15, -0.1) is 0 Å². The predicted octanol–water partition coefficient (Wildman–Crippen LogP) is 1.54. The summed E-state index contributed by atoms with van der Waals surface area (Å²) in [5.41, 5.74) is 12.8. The van der Waals surface area contributed by atoms with Crippen LogP contribution in [0.25, 0.3) is 17.0 Å². The quantitative estimate of drug-likeness (QED) is 0.702. The Balaban J connectivity index is 2.30. The van der Waals surface area contributed by atoms with Gasteiger partial charge in [0, 0.05) is 12.3 Å². The molecule has 0 bridgehead atoms. The van der Waals surface area contributed by atoms with Crippen LogP contribution >= 0.6 is 0 Å². The van der Waals surface area contributed by atoms with Crippen molar-refractivity contribution in [3.8, 4) is 17.1 Å². The fourth-order valence-electron chi connectivity index (χ4n) is 2.40. The topological polar surface area (TPSA) is 138 Å². The second-order valence-corrected chi connectivity index (χ2v) is 9.39. The molecule has 0 fully saturated rings. The molecule has 26 heavy (non-hydrogen) atoms. The summed E-state index contributed by atoms with van der Waals surface area (Å²) in [5, 5.41) is 0. The largest absolute Gasteiger partial charge is 0.495 e. The Morgan fingerprint density at radius 2 is 1.81 bits per heavy atom. The molecule has 0 aliphatic heterocycles. The highest BCUT2D eigenvalue weighted by molar-refractivity contribution is 7.92. The highest BCUT2D eigenvalue weighted by Gasteiger charge is 2.34. The van der Waals surface area contributed by atoms with Crippen LogP contribution in [-0.2, 0) is 9.84 Å². The average molecular weight is 376 g/mol. The van der Waals surface area contributed by atoms with E-state index in [-0.39, 0.29) is 22.3 Å². The van der Waals surface area contributed by atoms with E-state index in [4.69, 9.17) is 16.2 Å². The number of sulfone groups is 1. The van der Waals surface area contributed by atoms with Crippen molar-refractivity contribution in [1.29, 1.82) is 0 Å². The van der Waals surface area contributed by atoms with Crippen molar-refractivity contribution in [2.45, 2.75) is 30.4 Å². The number of fused-ring (bicyclic) bond motifs is 1. The van der Waals surface area contributed by atoms with Gasteiger partial charge in [-0.05, 0) is 20.8 Å². The van der Waals surface area contributed by atoms with Gasteiger partial charge in [-0.3, -0.25) is 4.40 Å². The maximum absolute atomic E-state index is 13.0. The number of hydrogen-bond acceptors (Lipinski definition) is 8. The molecule has 0 amide bonds. The monoisotopic (exact) mass is 376 g/mol. The van der Waals surface area contributed by atoms with Gasteiger partial charge in [0.05, 0.1) is 29.9 Å². The molecule has 3 rings (SSSR count). The molecular weight excluding hydrogens is 356 g/mol. The average Bonchev–Trinajstić information content (AvgIpc) is 2.98. The Labute approximate surface area is 151 Å². The van der Waals surface area contributed by atoms with Gasteiger partial charge in [0.2, 0.25) is 0 Å². The van der Waals surface area contributed by atoms with Crippen molar-refractivity contribution in [3.05, 3.63) is 24.7 Å². The minimum atomic E-state index is -3.66. The first kappa shape index (κ1) is 17.9. The Hall–Kier alpha value is -2.88. The molecule has 0 radical (unpaired) electrons. The third-order valence-electron chi connectivity index (χ3n) is 3.98. The zero-order chi connectivity index (χ0) is 19.3. The minimum Gasteiger partial charge on any atom is -0.495 e. The van der Waals surface area contributed by atoms with Crippen LogP contribution in [0.5, 0.6) is 5.75 Å². The number of ether oxygens (including phenoxy) is 1. The van der Waals surface area contributed by atoms with Crippen molar-refractivity contribution in [3.63, 3.8) is 0 Å². The summed E-state index contributed by atoms with van der Waals surface area (Å²) < 4.78 is 31.8. The van der Waals surface area contributed by atoms with Gasteiger partial charge in [-0.25, -0.2) is 23.4 Å². The Morgan fingerprint density at radius 1 is 1.12 bits per heavy atom. The number of nitrogen functional groups attached to an aromatic ring is 2. The maximum atomic E-state index is 13.0. The first-order valence-corrected chi connectivity index (χ1v) is 9.22. The zero-order valence-electron chi connectivity index (χ0n) is 14.9. The summed E-state index contributed by atoms with van der Waals surface area (Å²) in [5.74, 6) is 0.446. The van der Waals surface area contributed by atoms with Crippen LogP contribution < -0.4 is 16.2 Å². The van der Waals surface area contributed by atoms with Crippen molar-refractivity contribution < 1.29 is 13.2 Å². The van der Waals surface area contributed by atoms with E-state index < -0.39 is 14.6 Å². The summed E-state index contributed by atoms with van der Waals surface area (Å²) in [4.78, 5) is 12.5. The number of aromatic nitrogens is 4. The van der Waals surface area contributed by atoms with E-state index in [0.717, 1.165) is 0 Å². The smallest absolute Gasteiger partial charge is 0.188 e.